The average Bonchev–Trinajstić information content (AvgIpc) is 2.69. The number of halogens is 2. The molecule has 27 heavy (non-hydrogen) atoms. The van der Waals surface area contributed by atoms with E-state index in [1.165, 1.54) is 11.8 Å². The van der Waals surface area contributed by atoms with Crippen molar-refractivity contribution in [2.45, 2.75) is 17.7 Å². The molecule has 0 saturated carbocycles. The molecule has 1 aliphatic carbocycles. The van der Waals surface area contributed by atoms with Gasteiger partial charge in [0.05, 0.1) is 28.5 Å². The Morgan fingerprint density at radius 3 is 2.93 bits per heavy atom. The zero-order valence-electron chi connectivity index (χ0n) is 14.8. The summed E-state index contributed by atoms with van der Waals surface area (Å²) in [7, 11) is 0. The lowest BCUT2D eigenvalue weighted by Gasteiger charge is -2.35. The van der Waals surface area contributed by atoms with Crippen LogP contribution < -0.4 is 5.32 Å². The number of ether oxygens (including phenoxy) is 1. The van der Waals surface area contributed by atoms with Crippen LogP contribution in [-0.4, -0.2) is 65.4 Å². The number of hydrogen-bond donors (Lipinski definition) is 1. The lowest BCUT2D eigenvalue weighted by atomic mass is 9.99. The lowest BCUT2D eigenvalue weighted by molar-refractivity contribution is -0.119. The van der Waals surface area contributed by atoms with Crippen molar-refractivity contribution < 1.29 is 9.53 Å². The summed E-state index contributed by atoms with van der Waals surface area (Å²) in [5, 5.41) is 4.79. The van der Waals surface area contributed by atoms with Crippen LogP contribution in [0.3, 0.4) is 0 Å². The summed E-state index contributed by atoms with van der Waals surface area (Å²) in [5.41, 5.74) is 0. The van der Waals surface area contributed by atoms with E-state index in [4.69, 9.17) is 27.9 Å². The molecule has 1 aromatic heterocycles. The van der Waals surface area contributed by atoms with E-state index in [1.807, 2.05) is 12.2 Å². The van der Waals surface area contributed by atoms with Crippen molar-refractivity contribution in [1.82, 2.24) is 20.2 Å². The van der Waals surface area contributed by atoms with Crippen molar-refractivity contribution in [2.75, 3.05) is 38.5 Å². The molecule has 146 valence electrons. The molecule has 6 nitrogen and oxygen atoms in total. The summed E-state index contributed by atoms with van der Waals surface area (Å²) in [6.07, 6.45) is 8.21. The van der Waals surface area contributed by atoms with Gasteiger partial charge in [-0.05, 0) is 18.4 Å². The van der Waals surface area contributed by atoms with E-state index in [9.17, 15) is 4.79 Å². The minimum atomic E-state index is -0.0463. The summed E-state index contributed by atoms with van der Waals surface area (Å²) < 4.78 is 5.79. The number of carbonyl (C=O) groups is 1. The molecular weight excluding hydrogens is 407 g/mol. The number of hydrogen-bond acceptors (Lipinski definition) is 6. The monoisotopic (exact) mass is 428 g/mol. The molecule has 0 bridgehead atoms. The number of morpholine rings is 1. The van der Waals surface area contributed by atoms with Crippen LogP contribution >= 0.6 is 35.0 Å². The summed E-state index contributed by atoms with van der Waals surface area (Å²) in [6, 6.07) is 1.75. The first kappa shape index (κ1) is 20.6. The number of aromatic nitrogens is 2. The van der Waals surface area contributed by atoms with Gasteiger partial charge in [-0.25, -0.2) is 9.97 Å². The topological polar surface area (TPSA) is 67.4 Å². The molecule has 0 radical (unpaired) electrons. The molecule has 1 aliphatic heterocycles. The number of carbonyl (C=O) groups excluding carboxylic acids is 1. The number of allylic oxidation sites excluding steroid dienone is 3. The van der Waals surface area contributed by atoms with E-state index in [1.54, 1.807) is 18.5 Å². The molecule has 1 amide bonds. The Labute approximate surface area is 173 Å². The van der Waals surface area contributed by atoms with Crippen molar-refractivity contribution >= 4 is 40.9 Å². The van der Waals surface area contributed by atoms with Crippen LogP contribution in [0.15, 0.2) is 45.8 Å². The Balaban J connectivity index is 1.37. The van der Waals surface area contributed by atoms with Gasteiger partial charge in [0.1, 0.15) is 0 Å². The average molecular weight is 429 g/mol. The molecule has 1 aromatic rings. The number of amides is 1. The van der Waals surface area contributed by atoms with Gasteiger partial charge in [0.25, 0.3) is 0 Å². The van der Waals surface area contributed by atoms with E-state index in [2.05, 4.69) is 20.2 Å². The van der Waals surface area contributed by atoms with Crippen LogP contribution in [-0.2, 0) is 9.53 Å². The first-order chi connectivity index (χ1) is 13.1. The van der Waals surface area contributed by atoms with Crippen LogP contribution in [0, 0.1) is 5.92 Å². The first-order valence-electron chi connectivity index (χ1n) is 8.84. The molecule has 1 saturated heterocycles. The second-order valence-corrected chi connectivity index (χ2v) is 8.20. The van der Waals surface area contributed by atoms with E-state index in [0.29, 0.717) is 40.0 Å². The maximum atomic E-state index is 12.0. The second-order valence-electron chi connectivity index (χ2n) is 6.44. The largest absolute Gasteiger partial charge is 0.374 e. The molecule has 3 rings (SSSR count). The Morgan fingerprint density at radius 2 is 2.15 bits per heavy atom. The number of thioether (sulfide) groups is 1. The highest BCUT2D eigenvalue weighted by Gasteiger charge is 2.24. The van der Waals surface area contributed by atoms with Gasteiger partial charge in [0.2, 0.25) is 5.91 Å². The van der Waals surface area contributed by atoms with Crippen molar-refractivity contribution in [2.24, 2.45) is 5.92 Å². The van der Waals surface area contributed by atoms with E-state index >= 15 is 0 Å². The van der Waals surface area contributed by atoms with Crippen LogP contribution in [0.2, 0.25) is 0 Å². The quantitative estimate of drug-likeness (QED) is 0.531. The standard InChI is InChI=1S/C18H22Cl2N4O2S/c19-15-3-2-13(8-16(15)20)10-24-6-7-26-14(11-24)9-23-17(25)12-27-18-21-4-1-5-22-18/h1,3-5,8,13-14H,2,6-7,9-12H2,(H,23,25)/t13?,14-/m0/s1. The third-order valence-corrected chi connectivity index (χ3v) is 5.99. The van der Waals surface area contributed by atoms with E-state index in [-0.39, 0.29) is 12.0 Å². The van der Waals surface area contributed by atoms with Gasteiger partial charge in [0, 0.05) is 38.6 Å². The molecule has 1 fully saturated rings. The van der Waals surface area contributed by atoms with Gasteiger partial charge < -0.3 is 10.1 Å². The zero-order chi connectivity index (χ0) is 19.1. The maximum Gasteiger partial charge on any atom is 0.230 e. The summed E-state index contributed by atoms with van der Waals surface area (Å²) >= 11 is 13.5. The predicted octanol–water partition coefficient (Wildman–Crippen LogP) is 2.65. The van der Waals surface area contributed by atoms with Crippen LogP contribution in [0.4, 0.5) is 0 Å². The second kappa shape index (κ2) is 10.4. The molecule has 2 heterocycles. The fourth-order valence-electron chi connectivity index (χ4n) is 3.00. The lowest BCUT2D eigenvalue weighted by Crippen LogP contribution is -2.48. The Bertz CT molecular complexity index is 702. The highest BCUT2D eigenvalue weighted by atomic mass is 35.5. The molecule has 2 atom stereocenters. The third-order valence-electron chi connectivity index (χ3n) is 4.33. The van der Waals surface area contributed by atoms with Crippen molar-refractivity contribution in [3.63, 3.8) is 0 Å². The summed E-state index contributed by atoms with van der Waals surface area (Å²) in [4.78, 5) is 22.6. The van der Waals surface area contributed by atoms with Gasteiger partial charge in [0.15, 0.2) is 5.16 Å². The van der Waals surface area contributed by atoms with E-state index < -0.39 is 0 Å². The molecular formula is C18H22Cl2N4O2S. The maximum absolute atomic E-state index is 12.0. The molecule has 0 spiro atoms. The van der Waals surface area contributed by atoms with Crippen molar-refractivity contribution in [3.05, 3.63) is 40.7 Å². The SMILES string of the molecule is O=C(CSc1ncccn1)NC[C@H]1CN(CC2C=C(Cl)C(Cl)=CC2)CCO1. The minimum absolute atomic E-state index is 0.0113. The molecule has 2 aliphatic rings. The summed E-state index contributed by atoms with van der Waals surface area (Å²) in [6.45, 7) is 3.73. The first-order valence-corrected chi connectivity index (χ1v) is 10.6. The minimum Gasteiger partial charge on any atom is -0.374 e. The fourth-order valence-corrected chi connectivity index (χ4v) is 4.04. The number of nitrogens with one attached hydrogen (secondary N) is 1. The number of rotatable bonds is 7. The van der Waals surface area contributed by atoms with Crippen LogP contribution in [0.5, 0.6) is 0 Å². The Kier molecular flexibility index (Phi) is 7.96. The molecule has 0 aromatic carbocycles. The predicted molar refractivity (Wildman–Crippen MR) is 108 cm³/mol. The van der Waals surface area contributed by atoms with Gasteiger partial charge >= 0.3 is 0 Å². The van der Waals surface area contributed by atoms with Gasteiger partial charge in [-0.1, -0.05) is 47.1 Å². The molecule has 1 unspecified atom stereocenters. The fraction of sp³-hybridized carbons (Fsp3) is 0.500. The van der Waals surface area contributed by atoms with Gasteiger partial charge in [-0.2, -0.15) is 0 Å². The van der Waals surface area contributed by atoms with Crippen molar-refractivity contribution in [3.8, 4) is 0 Å². The van der Waals surface area contributed by atoms with Crippen molar-refractivity contribution in [1.29, 1.82) is 0 Å². The van der Waals surface area contributed by atoms with Crippen LogP contribution in [0.1, 0.15) is 6.42 Å². The van der Waals surface area contributed by atoms with Gasteiger partial charge in [-0.15, -0.1) is 0 Å². The highest BCUT2D eigenvalue weighted by molar-refractivity contribution is 7.99. The summed E-state index contributed by atoms with van der Waals surface area (Å²) in [5.74, 6) is 0.601. The Hall–Kier alpha value is -1.12. The zero-order valence-corrected chi connectivity index (χ0v) is 17.1. The van der Waals surface area contributed by atoms with Crippen LogP contribution in [0.25, 0.3) is 0 Å². The third kappa shape index (κ3) is 6.76. The molecule has 1 N–H and O–H groups in total. The van der Waals surface area contributed by atoms with E-state index in [0.717, 1.165) is 26.1 Å². The number of nitrogens with zero attached hydrogens (tertiary/aromatic N) is 3. The normalized spacial score (nSPS) is 23.5. The smallest absolute Gasteiger partial charge is 0.230 e. The highest BCUT2D eigenvalue weighted by Crippen LogP contribution is 2.29. The Morgan fingerprint density at radius 1 is 1.33 bits per heavy atom. The molecule has 9 heteroatoms. The van der Waals surface area contributed by atoms with Gasteiger partial charge in [-0.3, -0.25) is 9.69 Å².